The smallest absolute Gasteiger partial charge is 0.0788 e. The zero-order chi connectivity index (χ0) is 13.6. The molecular formula is C15H26N2O. The van der Waals surface area contributed by atoms with Crippen LogP contribution in [0, 0.1) is 0 Å². The van der Waals surface area contributed by atoms with Gasteiger partial charge in [0.25, 0.3) is 0 Å². The van der Waals surface area contributed by atoms with E-state index in [2.05, 4.69) is 48.3 Å². The third-order valence-electron chi connectivity index (χ3n) is 3.43. The maximum atomic E-state index is 9.93. The highest BCUT2D eigenvalue weighted by Crippen LogP contribution is 2.18. The zero-order valence-corrected chi connectivity index (χ0v) is 12.0. The lowest BCUT2D eigenvalue weighted by Crippen LogP contribution is -2.32. The molecule has 0 aromatic heterocycles. The Morgan fingerprint density at radius 3 is 2.11 bits per heavy atom. The number of hydrogen-bond acceptors (Lipinski definition) is 3. The standard InChI is InChI=1S/C15H26N2O/c1-5-15(4,18)12-16-13-8-10-14(11-9-13)17(6-2)7-3/h8-11,16,18H,5-7,12H2,1-4H3. The van der Waals surface area contributed by atoms with Crippen molar-refractivity contribution in [1.82, 2.24) is 0 Å². The molecule has 0 fully saturated rings. The minimum absolute atomic E-state index is 0.577. The average molecular weight is 250 g/mol. The Labute approximate surface area is 111 Å². The highest BCUT2D eigenvalue weighted by molar-refractivity contribution is 5.55. The van der Waals surface area contributed by atoms with E-state index in [9.17, 15) is 5.11 Å². The van der Waals surface area contributed by atoms with E-state index in [1.165, 1.54) is 5.69 Å². The van der Waals surface area contributed by atoms with Crippen molar-refractivity contribution in [3.05, 3.63) is 24.3 Å². The number of nitrogens with one attached hydrogen (secondary N) is 1. The number of anilines is 2. The maximum Gasteiger partial charge on any atom is 0.0788 e. The lowest BCUT2D eigenvalue weighted by molar-refractivity contribution is 0.0697. The van der Waals surface area contributed by atoms with E-state index in [4.69, 9.17) is 0 Å². The number of nitrogens with zero attached hydrogens (tertiary/aromatic N) is 1. The minimum Gasteiger partial charge on any atom is -0.388 e. The number of benzene rings is 1. The van der Waals surface area contributed by atoms with Gasteiger partial charge in [-0.15, -0.1) is 0 Å². The molecule has 1 atom stereocenters. The van der Waals surface area contributed by atoms with Crippen LogP contribution in [0.4, 0.5) is 11.4 Å². The topological polar surface area (TPSA) is 35.5 Å². The van der Waals surface area contributed by atoms with Crippen molar-refractivity contribution in [3.63, 3.8) is 0 Å². The van der Waals surface area contributed by atoms with Gasteiger partial charge in [0.15, 0.2) is 0 Å². The number of rotatable bonds is 7. The second-order valence-corrected chi connectivity index (χ2v) is 4.92. The van der Waals surface area contributed by atoms with Crippen LogP contribution in [0.25, 0.3) is 0 Å². The molecular weight excluding hydrogens is 224 g/mol. The molecule has 3 nitrogen and oxygen atoms in total. The summed E-state index contributed by atoms with van der Waals surface area (Å²) in [5.41, 5.74) is 1.66. The van der Waals surface area contributed by atoms with Gasteiger partial charge in [-0.25, -0.2) is 0 Å². The molecule has 0 saturated heterocycles. The van der Waals surface area contributed by atoms with Gasteiger partial charge in [0, 0.05) is 31.0 Å². The second kappa shape index (κ2) is 6.64. The molecule has 1 unspecified atom stereocenters. The van der Waals surface area contributed by atoms with Gasteiger partial charge < -0.3 is 15.3 Å². The summed E-state index contributed by atoms with van der Waals surface area (Å²) in [5.74, 6) is 0. The molecule has 0 aliphatic carbocycles. The van der Waals surface area contributed by atoms with Crippen LogP contribution in [0.1, 0.15) is 34.1 Å². The van der Waals surface area contributed by atoms with Crippen molar-refractivity contribution in [2.45, 2.75) is 39.7 Å². The largest absolute Gasteiger partial charge is 0.388 e. The summed E-state index contributed by atoms with van der Waals surface area (Å²) in [4.78, 5) is 2.31. The van der Waals surface area contributed by atoms with Crippen LogP contribution >= 0.6 is 0 Å². The van der Waals surface area contributed by atoms with E-state index < -0.39 is 5.60 Å². The molecule has 0 aliphatic heterocycles. The molecule has 3 heteroatoms. The molecule has 0 bridgehead atoms. The predicted octanol–water partition coefficient (Wildman–Crippen LogP) is 3.11. The van der Waals surface area contributed by atoms with Crippen LogP contribution in [0.2, 0.25) is 0 Å². The first kappa shape index (κ1) is 14.8. The SMILES string of the molecule is CCN(CC)c1ccc(NCC(C)(O)CC)cc1. The van der Waals surface area contributed by atoms with Crippen LogP contribution in [0.15, 0.2) is 24.3 Å². The molecule has 18 heavy (non-hydrogen) atoms. The minimum atomic E-state index is -0.641. The normalized spacial score (nSPS) is 14.1. The van der Waals surface area contributed by atoms with E-state index in [0.29, 0.717) is 6.54 Å². The molecule has 0 amide bonds. The van der Waals surface area contributed by atoms with E-state index in [1.54, 1.807) is 0 Å². The first-order chi connectivity index (χ1) is 8.52. The Kier molecular flexibility index (Phi) is 5.48. The summed E-state index contributed by atoms with van der Waals surface area (Å²) in [7, 11) is 0. The maximum absolute atomic E-state index is 9.93. The molecule has 1 rings (SSSR count). The van der Waals surface area contributed by atoms with Gasteiger partial charge in [-0.1, -0.05) is 6.92 Å². The summed E-state index contributed by atoms with van der Waals surface area (Å²) < 4.78 is 0. The van der Waals surface area contributed by atoms with Gasteiger partial charge in [0.05, 0.1) is 5.60 Å². The third kappa shape index (κ3) is 4.22. The van der Waals surface area contributed by atoms with E-state index >= 15 is 0 Å². The molecule has 102 valence electrons. The summed E-state index contributed by atoms with van der Waals surface area (Å²) in [6.45, 7) is 10.8. The van der Waals surface area contributed by atoms with Crippen molar-refractivity contribution in [3.8, 4) is 0 Å². The summed E-state index contributed by atoms with van der Waals surface area (Å²) in [6, 6.07) is 8.38. The first-order valence-electron chi connectivity index (χ1n) is 6.83. The molecule has 1 aromatic rings. The Balaban J connectivity index is 2.60. The molecule has 0 heterocycles. The Morgan fingerprint density at radius 1 is 1.11 bits per heavy atom. The summed E-state index contributed by atoms with van der Waals surface area (Å²) >= 11 is 0. The molecule has 0 spiro atoms. The molecule has 1 aromatic carbocycles. The van der Waals surface area contributed by atoms with Gasteiger partial charge in [-0.2, -0.15) is 0 Å². The Bertz CT molecular complexity index is 342. The van der Waals surface area contributed by atoms with Gasteiger partial charge in [-0.3, -0.25) is 0 Å². The van der Waals surface area contributed by atoms with Gasteiger partial charge in [0.2, 0.25) is 0 Å². The summed E-state index contributed by atoms with van der Waals surface area (Å²) in [5, 5.41) is 13.2. The van der Waals surface area contributed by atoms with Crippen molar-refractivity contribution in [2.24, 2.45) is 0 Å². The fourth-order valence-electron chi connectivity index (χ4n) is 1.80. The molecule has 0 aliphatic rings. The van der Waals surface area contributed by atoms with Crippen molar-refractivity contribution in [2.75, 3.05) is 29.9 Å². The predicted molar refractivity (Wildman–Crippen MR) is 79.4 cm³/mol. The van der Waals surface area contributed by atoms with E-state index in [1.807, 2.05) is 13.8 Å². The van der Waals surface area contributed by atoms with E-state index in [0.717, 1.165) is 25.2 Å². The first-order valence-corrected chi connectivity index (χ1v) is 6.83. The van der Waals surface area contributed by atoms with E-state index in [-0.39, 0.29) is 0 Å². The zero-order valence-electron chi connectivity index (χ0n) is 12.0. The van der Waals surface area contributed by atoms with Gasteiger partial charge in [0.1, 0.15) is 0 Å². The van der Waals surface area contributed by atoms with Crippen LogP contribution < -0.4 is 10.2 Å². The van der Waals surface area contributed by atoms with Crippen molar-refractivity contribution < 1.29 is 5.11 Å². The summed E-state index contributed by atoms with van der Waals surface area (Å²) in [6.07, 6.45) is 0.748. The van der Waals surface area contributed by atoms with Crippen molar-refractivity contribution in [1.29, 1.82) is 0 Å². The number of aliphatic hydroxyl groups is 1. The fraction of sp³-hybridized carbons (Fsp3) is 0.600. The Hall–Kier alpha value is -1.22. The van der Waals surface area contributed by atoms with Gasteiger partial charge >= 0.3 is 0 Å². The van der Waals surface area contributed by atoms with Crippen LogP contribution in [-0.4, -0.2) is 30.3 Å². The second-order valence-electron chi connectivity index (χ2n) is 4.92. The quantitative estimate of drug-likeness (QED) is 0.780. The highest BCUT2D eigenvalue weighted by Gasteiger charge is 2.16. The van der Waals surface area contributed by atoms with Crippen molar-refractivity contribution >= 4 is 11.4 Å². The monoisotopic (exact) mass is 250 g/mol. The number of hydrogen-bond donors (Lipinski definition) is 2. The molecule has 0 saturated carbocycles. The molecule has 2 N–H and O–H groups in total. The lowest BCUT2D eigenvalue weighted by atomic mass is 10.0. The van der Waals surface area contributed by atoms with Crippen LogP contribution in [-0.2, 0) is 0 Å². The van der Waals surface area contributed by atoms with Gasteiger partial charge in [-0.05, 0) is 51.5 Å². The lowest BCUT2D eigenvalue weighted by Gasteiger charge is -2.23. The highest BCUT2D eigenvalue weighted by atomic mass is 16.3. The third-order valence-corrected chi connectivity index (χ3v) is 3.43. The Morgan fingerprint density at radius 2 is 1.67 bits per heavy atom. The fourth-order valence-corrected chi connectivity index (χ4v) is 1.80. The molecule has 0 radical (unpaired) electrons. The van der Waals surface area contributed by atoms with Crippen LogP contribution in [0.5, 0.6) is 0 Å². The average Bonchev–Trinajstić information content (AvgIpc) is 2.39. The van der Waals surface area contributed by atoms with Crippen LogP contribution in [0.3, 0.4) is 0 Å².